The number of hydrogen-bond acceptors (Lipinski definition) is 3. The van der Waals surface area contributed by atoms with E-state index in [1.54, 1.807) is 0 Å². The molecule has 0 aliphatic carbocycles. The van der Waals surface area contributed by atoms with Crippen molar-refractivity contribution >= 4 is 21.6 Å². The van der Waals surface area contributed by atoms with Crippen LogP contribution in [0.3, 0.4) is 0 Å². The number of rotatable bonds is 6. The zero-order chi connectivity index (χ0) is 12.0. The normalized spacial score (nSPS) is 24.2. The number of alkyl halides is 1. The second kappa shape index (κ2) is 6.79. The van der Waals surface area contributed by atoms with Gasteiger partial charge in [-0.25, -0.2) is 13.1 Å². The van der Waals surface area contributed by atoms with E-state index in [0.29, 0.717) is 24.9 Å². The Balaban J connectivity index is 2.29. The van der Waals surface area contributed by atoms with Crippen molar-refractivity contribution in [3.8, 4) is 0 Å². The summed E-state index contributed by atoms with van der Waals surface area (Å²) < 4.78 is 31.2. The number of sulfonamides is 1. The first-order valence-corrected chi connectivity index (χ1v) is 7.83. The van der Waals surface area contributed by atoms with E-state index in [0.717, 1.165) is 19.4 Å². The molecule has 2 atom stereocenters. The van der Waals surface area contributed by atoms with E-state index >= 15 is 0 Å². The summed E-state index contributed by atoms with van der Waals surface area (Å²) in [5, 5.41) is 0. The molecule has 0 saturated carbocycles. The van der Waals surface area contributed by atoms with Crippen molar-refractivity contribution in [2.75, 3.05) is 31.4 Å². The fourth-order valence-corrected chi connectivity index (χ4v) is 3.40. The first-order valence-electron chi connectivity index (χ1n) is 5.64. The molecule has 0 aromatic rings. The van der Waals surface area contributed by atoms with Crippen LogP contribution >= 0.6 is 11.6 Å². The lowest BCUT2D eigenvalue weighted by molar-refractivity contribution is 0.0568. The summed E-state index contributed by atoms with van der Waals surface area (Å²) in [6.45, 7) is 3.77. The molecule has 0 spiro atoms. The Kier molecular flexibility index (Phi) is 6.03. The van der Waals surface area contributed by atoms with Crippen LogP contribution in [0.2, 0.25) is 0 Å². The Labute approximate surface area is 103 Å². The molecule has 96 valence electrons. The van der Waals surface area contributed by atoms with E-state index < -0.39 is 10.0 Å². The average Bonchev–Trinajstić information content (AvgIpc) is 2.27. The molecule has 1 rings (SSSR count). The van der Waals surface area contributed by atoms with Gasteiger partial charge in [-0.05, 0) is 24.7 Å². The molecular weight excluding hydrogens is 250 g/mol. The van der Waals surface area contributed by atoms with Gasteiger partial charge in [0, 0.05) is 19.0 Å². The van der Waals surface area contributed by atoms with Crippen molar-refractivity contribution in [1.82, 2.24) is 4.72 Å². The molecule has 6 heteroatoms. The number of halogens is 1. The van der Waals surface area contributed by atoms with Gasteiger partial charge in [-0.15, -0.1) is 11.6 Å². The maximum absolute atomic E-state index is 11.6. The molecular formula is C10H20ClNO3S. The minimum atomic E-state index is -3.18. The number of ether oxygens (including phenoxy) is 1. The Morgan fingerprint density at radius 3 is 2.88 bits per heavy atom. The molecule has 0 bridgehead atoms. The van der Waals surface area contributed by atoms with Crippen LogP contribution in [0, 0.1) is 11.8 Å². The molecule has 1 aliphatic rings. The van der Waals surface area contributed by atoms with Crippen LogP contribution in [-0.4, -0.2) is 39.8 Å². The summed E-state index contributed by atoms with van der Waals surface area (Å²) in [4.78, 5) is 0. The predicted molar refractivity (Wildman–Crippen MR) is 65.2 cm³/mol. The summed E-state index contributed by atoms with van der Waals surface area (Å²) in [6, 6.07) is 0. The van der Waals surface area contributed by atoms with Gasteiger partial charge < -0.3 is 4.74 Å². The lowest BCUT2D eigenvalue weighted by atomic mass is 10.0. The summed E-state index contributed by atoms with van der Waals surface area (Å²) in [5.74, 6) is 0.772. The molecule has 4 nitrogen and oxygen atoms in total. The minimum Gasteiger partial charge on any atom is -0.381 e. The van der Waals surface area contributed by atoms with Gasteiger partial charge in [0.15, 0.2) is 0 Å². The Morgan fingerprint density at radius 2 is 2.31 bits per heavy atom. The van der Waals surface area contributed by atoms with Crippen LogP contribution in [0.5, 0.6) is 0 Å². The van der Waals surface area contributed by atoms with Crippen LogP contribution in [0.1, 0.15) is 19.8 Å². The molecule has 2 unspecified atom stereocenters. The molecule has 1 heterocycles. The zero-order valence-corrected chi connectivity index (χ0v) is 11.2. The molecule has 0 amide bonds. The SMILES string of the molecule is CC(CCl)CS(=O)(=O)NCC1CCCOC1. The quantitative estimate of drug-likeness (QED) is 0.738. The second-order valence-corrected chi connectivity index (χ2v) is 6.63. The van der Waals surface area contributed by atoms with Gasteiger partial charge >= 0.3 is 0 Å². The molecule has 1 fully saturated rings. The molecule has 1 saturated heterocycles. The van der Waals surface area contributed by atoms with Gasteiger partial charge in [-0.2, -0.15) is 0 Å². The maximum atomic E-state index is 11.6. The number of hydrogen-bond donors (Lipinski definition) is 1. The van der Waals surface area contributed by atoms with Crippen LogP contribution < -0.4 is 4.72 Å². The van der Waals surface area contributed by atoms with E-state index in [2.05, 4.69) is 4.72 Å². The second-order valence-electron chi connectivity index (χ2n) is 4.47. The lowest BCUT2D eigenvalue weighted by Crippen LogP contribution is -2.36. The first-order chi connectivity index (χ1) is 7.53. The van der Waals surface area contributed by atoms with E-state index in [-0.39, 0.29) is 11.7 Å². The van der Waals surface area contributed by atoms with Crippen molar-refractivity contribution in [3.63, 3.8) is 0 Å². The van der Waals surface area contributed by atoms with Crippen LogP contribution in [0.25, 0.3) is 0 Å². The molecule has 0 radical (unpaired) electrons. The predicted octanol–water partition coefficient (Wildman–Crippen LogP) is 1.21. The highest BCUT2D eigenvalue weighted by molar-refractivity contribution is 7.89. The monoisotopic (exact) mass is 269 g/mol. The van der Waals surface area contributed by atoms with E-state index in [9.17, 15) is 8.42 Å². The summed E-state index contributed by atoms with van der Waals surface area (Å²) in [6.07, 6.45) is 2.05. The van der Waals surface area contributed by atoms with Crippen LogP contribution in [0.4, 0.5) is 0 Å². The van der Waals surface area contributed by atoms with Gasteiger partial charge in [0.2, 0.25) is 10.0 Å². The van der Waals surface area contributed by atoms with Gasteiger partial charge in [-0.1, -0.05) is 6.92 Å². The minimum absolute atomic E-state index is 0.0122. The lowest BCUT2D eigenvalue weighted by Gasteiger charge is -2.22. The Bertz CT molecular complexity index is 288. The zero-order valence-electron chi connectivity index (χ0n) is 9.62. The largest absolute Gasteiger partial charge is 0.381 e. The third-order valence-electron chi connectivity index (χ3n) is 2.61. The molecule has 1 aliphatic heterocycles. The molecule has 0 aromatic carbocycles. The van der Waals surface area contributed by atoms with Crippen LogP contribution in [-0.2, 0) is 14.8 Å². The van der Waals surface area contributed by atoms with Crippen molar-refractivity contribution in [3.05, 3.63) is 0 Å². The standard InChI is InChI=1S/C10H20ClNO3S/c1-9(5-11)8-16(13,14)12-6-10-3-2-4-15-7-10/h9-10,12H,2-8H2,1H3. The summed E-state index contributed by atoms with van der Waals surface area (Å²) >= 11 is 5.59. The van der Waals surface area contributed by atoms with Gasteiger partial charge in [-0.3, -0.25) is 0 Å². The van der Waals surface area contributed by atoms with E-state index in [1.807, 2.05) is 6.92 Å². The van der Waals surface area contributed by atoms with Crippen molar-refractivity contribution in [2.24, 2.45) is 11.8 Å². The smallest absolute Gasteiger partial charge is 0.211 e. The van der Waals surface area contributed by atoms with E-state index in [1.165, 1.54) is 0 Å². The summed E-state index contributed by atoms with van der Waals surface area (Å²) in [7, 11) is -3.18. The highest BCUT2D eigenvalue weighted by Gasteiger charge is 2.19. The summed E-state index contributed by atoms with van der Waals surface area (Å²) in [5.41, 5.74) is 0. The van der Waals surface area contributed by atoms with E-state index in [4.69, 9.17) is 16.3 Å². The Hall–Kier alpha value is 0.160. The molecule has 16 heavy (non-hydrogen) atoms. The maximum Gasteiger partial charge on any atom is 0.211 e. The highest BCUT2D eigenvalue weighted by Crippen LogP contribution is 2.12. The fraction of sp³-hybridized carbons (Fsp3) is 1.00. The topological polar surface area (TPSA) is 55.4 Å². The average molecular weight is 270 g/mol. The molecule has 1 N–H and O–H groups in total. The third kappa shape index (κ3) is 5.48. The van der Waals surface area contributed by atoms with Gasteiger partial charge in [0.05, 0.1) is 12.4 Å². The van der Waals surface area contributed by atoms with Crippen molar-refractivity contribution < 1.29 is 13.2 Å². The van der Waals surface area contributed by atoms with Crippen molar-refractivity contribution in [2.45, 2.75) is 19.8 Å². The van der Waals surface area contributed by atoms with Gasteiger partial charge in [0.1, 0.15) is 0 Å². The highest BCUT2D eigenvalue weighted by atomic mass is 35.5. The van der Waals surface area contributed by atoms with Gasteiger partial charge in [0.25, 0.3) is 0 Å². The van der Waals surface area contributed by atoms with Crippen LogP contribution in [0.15, 0.2) is 0 Å². The fourth-order valence-electron chi connectivity index (χ4n) is 1.69. The first kappa shape index (κ1) is 14.2. The third-order valence-corrected chi connectivity index (χ3v) is 4.76. The molecule has 0 aromatic heterocycles. The van der Waals surface area contributed by atoms with Crippen molar-refractivity contribution in [1.29, 1.82) is 0 Å². The number of nitrogens with one attached hydrogen (secondary N) is 1. The Morgan fingerprint density at radius 1 is 1.56 bits per heavy atom.